The second-order valence-corrected chi connectivity index (χ2v) is 7.25. The van der Waals surface area contributed by atoms with Gasteiger partial charge in [0.1, 0.15) is 0 Å². The van der Waals surface area contributed by atoms with E-state index in [1.165, 1.54) is 0 Å². The van der Waals surface area contributed by atoms with E-state index in [-0.39, 0.29) is 23.8 Å². The number of hydrogen-bond acceptors (Lipinski definition) is 4. The van der Waals surface area contributed by atoms with Crippen molar-refractivity contribution in [3.8, 4) is 0 Å². The summed E-state index contributed by atoms with van der Waals surface area (Å²) in [7, 11) is 0. The van der Waals surface area contributed by atoms with Crippen LogP contribution in [0.3, 0.4) is 0 Å². The van der Waals surface area contributed by atoms with E-state index in [0.717, 1.165) is 38.5 Å². The summed E-state index contributed by atoms with van der Waals surface area (Å²) >= 11 is 0. The van der Waals surface area contributed by atoms with Crippen molar-refractivity contribution in [1.82, 2.24) is 0 Å². The van der Waals surface area contributed by atoms with Crippen molar-refractivity contribution in [2.75, 3.05) is 13.2 Å². The number of carbonyl (C=O) groups is 2. The Hall–Kier alpha value is -1.06. The fraction of sp³-hybridized carbons (Fsp3) is 0.889. The molecule has 0 aromatic heterocycles. The molecule has 22 heavy (non-hydrogen) atoms. The molecule has 1 aliphatic carbocycles. The number of hydrogen-bond donors (Lipinski definition) is 0. The topological polar surface area (TPSA) is 52.6 Å². The minimum atomic E-state index is -0.0905. The van der Waals surface area contributed by atoms with E-state index in [0.29, 0.717) is 25.0 Å². The van der Waals surface area contributed by atoms with Crippen LogP contribution in [0.15, 0.2) is 0 Å². The van der Waals surface area contributed by atoms with Crippen LogP contribution in [0.25, 0.3) is 0 Å². The lowest BCUT2D eigenvalue weighted by molar-refractivity contribution is -0.155. The van der Waals surface area contributed by atoms with Crippen LogP contribution >= 0.6 is 0 Å². The maximum absolute atomic E-state index is 12.0. The molecule has 0 radical (unpaired) electrons. The minimum Gasteiger partial charge on any atom is -0.465 e. The normalized spacial score (nSPS) is 21.9. The summed E-state index contributed by atoms with van der Waals surface area (Å²) in [6, 6.07) is 0. The van der Waals surface area contributed by atoms with Gasteiger partial charge in [0, 0.05) is 0 Å². The van der Waals surface area contributed by atoms with Gasteiger partial charge in [-0.05, 0) is 50.4 Å². The predicted octanol–water partition coefficient (Wildman–Crippen LogP) is 3.97. The van der Waals surface area contributed by atoms with E-state index in [9.17, 15) is 9.59 Å². The zero-order valence-corrected chi connectivity index (χ0v) is 14.6. The van der Waals surface area contributed by atoms with Gasteiger partial charge < -0.3 is 9.47 Å². The van der Waals surface area contributed by atoms with Crippen LogP contribution in [-0.2, 0) is 19.1 Å². The van der Waals surface area contributed by atoms with Gasteiger partial charge >= 0.3 is 11.9 Å². The Balaban J connectivity index is 2.22. The summed E-state index contributed by atoms with van der Waals surface area (Å²) < 4.78 is 10.6. The van der Waals surface area contributed by atoms with Gasteiger partial charge in [-0.2, -0.15) is 0 Å². The summed E-state index contributed by atoms with van der Waals surface area (Å²) in [6.45, 7) is 9.48. The van der Waals surface area contributed by atoms with E-state index >= 15 is 0 Å². The molecule has 4 nitrogen and oxygen atoms in total. The standard InChI is InChI=1S/C18H32O4/c1-13(2)9-11-21-17(19)15-5-7-16(8-6-15)18(20)22-12-10-14(3)4/h13-16H,5-12H2,1-4H3. The molecule has 0 saturated heterocycles. The van der Waals surface area contributed by atoms with Gasteiger partial charge in [-0.25, -0.2) is 0 Å². The molecule has 0 aromatic carbocycles. The molecule has 1 aliphatic rings. The van der Waals surface area contributed by atoms with Gasteiger partial charge in [0.2, 0.25) is 0 Å². The summed E-state index contributed by atoms with van der Waals surface area (Å²) in [6.07, 6.45) is 4.77. The highest BCUT2D eigenvalue weighted by Gasteiger charge is 2.31. The van der Waals surface area contributed by atoms with Crippen molar-refractivity contribution in [1.29, 1.82) is 0 Å². The lowest BCUT2D eigenvalue weighted by Crippen LogP contribution is -2.28. The van der Waals surface area contributed by atoms with E-state index in [1.807, 2.05) is 0 Å². The molecule has 1 fully saturated rings. The van der Waals surface area contributed by atoms with Gasteiger partial charge in [0.05, 0.1) is 25.0 Å². The molecule has 0 atom stereocenters. The summed E-state index contributed by atoms with van der Waals surface area (Å²) in [5.74, 6) is 0.839. The van der Waals surface area contributed by atoms with Gasteiger partial charge in [-0.15, -0.1) is 0 Å². The first kappa shape index (κ1) is 19.0. The number of rotatable bonds is 8. The highest BCUT2D eigenvalue weighted by molar-refractivity contribution is 5.75. The lowest BCUT2D eigenvalue weighted by Gasteiger charge is -2.26. The summed E-state index contributed by atoms with van der Waals surface area (Å²) in [5.41, 5.74) is 0. The number of esters is 2. The molecule has 0 bridgehead atoms. The maximum Gasteiger partial charge on any atom is 0.308 e. The second-order valence-electron chi connectivity index (χ2n) is 7.25. The molecule has 1 saturated carbocycles. The summed E-state index contributed by atoms with van der Waals surface area (Å²) in [5, 5.41) is 0. The van der Waals surface area contributed by atoms with Crippen molar-refractivity contribution >= 4 is 11.9 Å². The predicted molar refractivity (Wildman–Crippen MR) is 86.3 cm³/mol. The van der Waals surface area contributed by atoms with Crippen molar-refractivity contribution < 1.29 is 19.1 Å². The van der Waals surface area contributed by atoms with Crippen molar-refractivity contribution in [2.45, 2.75) is 66.2 Å². The molecule has 0 spiro atoms. The molecule has 0 aromatic rings. The number of carbonyl (C=O) groups excluding carboxylic acids is 2. The third-order valence-electron chi connectivity index (χ3n) is 4.27. The van der Waals surface area contributed by atoms with Crippen molar-refractivity contribution in [2.24, 2.45) is 23.7 Å². The Kier molecular flexibility index (Phi) is 8.51. The fourth-order valence-electron chi connectivity index (χ4n) is 2.59. The lowest BCUT2D eigenvalue weighted by atomic mass is 9.82. The zero-order valence-electron chi connectivity index (χ0n) is 14.6. The monoisotopic (exact) mass is 312 g/mol. The van der Waals surface area contributed by atoms with Crippen LogP contribution in [0, 0.1) is 23.7 Å². The van der Waals surface area contributed by atoms with Gasteiger partial charge in [0.15, 0.2) is 0 Å². The van der Waals surface area contributed by atoms with Gasteiger partial charge in [-0.3, -0.25) is 9.59 Å². The Morgan fingerprint density at radius 2 is 1.09 bits per heavy atom. The third-order valence-corrected chi connectivity index (χ3v) is 4.27. The molecule has 0 heterocycles. The number of ether oxygens (including phenoxy) is 2. The Morgan fingerprint density at radius 3 is 1.36 bits per heavy atom. The Labute approximate surface area is 134 Å². The zero-order chi connectivity index (χ0) is 16.5. The summed E-state index contributed by atoms with van der Waals surface area (Å²) in [4.78, 5) is 23.9. The van der Waals surface area contributed by atoms with Crippen molar-refractivity contribution in [3.05, 3.63) is 0 Å². The van der Waals surface area contributed by atoms with Crippen LogP contribution in [0.1, 0.15) is 66.2 Å². The molecule has 128 valence electrons. The van der Waals surface area contributed by atoms with Gasteiger partial charge in [0.25, 0.3) is 0 Å². The van der Waals surface area contributed by atoms with Crippen LogP contribution in [0.2, 0.25) is 0 Å². The van der Waals surface area contributed by atoms with E-state index < -0.39 is 0 Å². The first-order chi connectivity index (χ1) is 10.4. The van der Waals surface area contributed by atoms with Crippen LogP contribution in [0.4, 0.5) is 0 Å². The minimum absolute atomic E-state index is 0.0353. The van der Waals surface area contributed by atoms with E-state index in [4.69, 9.17) is 9.47 Å². The average Bonchev–Trinajstić information content (AvgIpc) is 2.46. The van der Waals surface area contributed by atoms with Gasteiger partial charge in [-0.1, -0.05) is 27.7 Å². The molecule has 4 heteroatoms. The largest absolute Gasteiger partial charge is 0.465 e. The first-order valence-electron chi connectivity index (χ1n) is 8.73. The van der Waals surface area contributed by atoms with Crippen LogP contribution in [0.5, 0.6) is 0 Å². The fourth-order valence-corrected chi connectivity index (χ4v) is 2.59. The first-order valence-corrected chi connectivity index (χ1v) is 8.73. The molecule has 0 N–H and O–H groups in total. The third kappa shape index (κ3) is 7.28. The van der Waals surface area contributed by atoms with Crippen LogP contribution in [-0.4, -0.2) is 25.2 Å². The molecule has 0 aliphatic heterocycles. The Morgan fingerprint density at radius 1 is 0.773 bits per heavy atom. The van der Waals surface area contributed by atoms with Crippen molar-refractivity contribution in [3.63, 3.8) is 0 Å². The molecular weight excluding hydrogens is 280 g/mol. The second kappa shape index (κ2) is 9.86. The van der Waals surface area contributed by atoms with E-state index in [1.54, 1.807) is 0 Å². The molecule has 0 unspecified atom stereocenters. The SMILES string of the molecule is CC(C)CCOC(=O)C1CCC(C(=O)OCCC(C)C)CC1. The maximum atomic E-state index is 12.0. The molecule has 0 amide bonds. The quantitative estimate of drug-likeness (QED) is 0.636. The highest BCUT2D eigenvalue weighted by atomic mass is 16.5. The highest BCUT2D eigenvalue weighted by Crippen LogP contribution is 2.30. The average molecular weight is 312 g/mol. The smallest absolute Gasteiger partial charge is 0.308 e. The molecular formula is C18H32O4. The molecule has 1 rings (SSSR count). The van der Waals surface area contributed by atoms with E-state index in [2.05, 4.69) is 27.7 Å². The Bertz CT molecular complexity index is 307. The van der Waals surface area contributed by atoms with Crippen LogP contribution < -0.4 is 0 Å².